The first kappa shape index (κ1) is 11.0. The molecule has 0 fully saturated rings. The second-order valence-corrected chi connectivity index (χ2v) is 2.82. The Hall–Kier alpha value is -2.10. The smallest absolute Gasteiger partial charge is 0.300 e. The zero-order valence-electron chi connectivity index (χ0n) is 8.34. The van der Waals surface area contributed by atoms with Gasteiger partial charge in [0.1, 0.15) is 5.82 Å². The highest BCUT2D eigenvalue weighted by Gasteiger charge is 1.94. The van der Waals surface area contributed by atoms with Crippen LogP contribution in [0.15, 0.2) is 42.7 Å². The predicted octanol–water partition coefficient (Wildman–Crippen LogP) is 2.17. The van der Waals surface area contributed by atoms with Gasteiger partial charge in [-0.25, -0.2) is 4.98 Å². The Balaban J connectivity index is 0.000000245. The number of nitrogens with zero attached hydrogens (tertiary/aromatic N) is 1. The number of aliphatic carboxylic acids is 1. The average Bonchev–Trinajstić information content (AvgIpc) is 2.71. The molecule has 0 radical (unpaired) electrons. The van der Waals surface area contributed by atoms with Crippen molar-refractivity contribution in [3.63, 3.8) is 0 Å². The molecule has 4 heteroatoms. The SMILES string of the molecule is CC(=O)O.c1ccc(-c2ncc[nH]2)cc1. The summed E-state index contributed by atoms with van der Waals surface area (Å²) in [6.07, 6.45) is 3.57. The normalized spacial score (nSPS) is 8.87. The highest BCUT2D eigenvalue weighted by Crippen LogP contribution is 2.11. The van der Waals surface area contributed by atoms with Gasteiger partial charge in [-0.15, -0.1) is 0 Å². The minimum Gasteiger partial charge on any atom is -0.481 e. The van der Waals surface area contributed by atoms with Crippen molar-refractivity contribution in [1.29, 1.82) is 0 Å². The standard InChI is InChI=1S/C9H8N2.C2H4O2/c1-2-4-8(5-3-1)9-10-6-7-11-9;1-2(3)4/h1-7H,(H,10,11);1H3,(H,3,4). The van der Waals surface area contributed by atoms with Gasteiger partial charge in [-0.2, -0.15) is 0 Å². The summed E-state index contributed by atoms with van der Waals surface area (Å²) in [4.78, 5) is 16.2. The largest absolute Gasteiger partial charge is 0.481 e. The first-order valence-corrected chi connectivity index (χ1v) is 4.44. The summed E-state index contributed by atoms with van der Waals surface area (Å²) in [6, 6.07) is 10.0. The molecule has 78 valence electrons. The van der Waals surface area contributed by atoms with E-state index in [1.54, 1.807) is 6.20 Å². The number of carbonyl (C=O) groups is 1. The summed E-state index contributed by atoms with van der Waals surface area (Å²) >= 11 is 0. The zero-order valence-corrected chi connectivity index (χ0v) is 8.34. The molecule has 0 unspecified atom stereocenters. The van der Waals surface area contributed by atoms with E-state index in [9.17, 15) is 0 Å². The van der Waals surface area contributed by atoms with Crippen molar-refractivity contribution in [2.24, 2.45) is 0 Å². The van der Waals surface area contributed by atoms with Gasteiger partial charge in [-0.3, -0.25) is 4.79 Å². The highest BCUT2D eigenvalue weighted by molar-refractivity contribution is 5.62. The minimum atomic E-state index is -0.833. The Morgan fingerprint density at radius 1 is 1.33 bits per heavy atom. The van der Waals surface area contributed by atoms with Crippen LogP contribution in [0.1, 0.15) is 6.92 Å². The molecule has 0 atom stereocenters. The van der Waals surface area contributed by atoms with Crippen LogP contribution >= 0.6 is 0 Å². The Morgan fingerprint density at radius 2 is 1.93 bits per heavy atom. The maximum atomic E-state index is 9.00. The van der Waals surface area contributed by atoms with Gasteiger partial charge in [0.15, 0.2) is 0 Å². The number of aromatic amines is 1. The number of hydrogen-bond acceptors (Lipinski definition) is 2. The van der Waals surface area contributed by atoms with Crippen LogP contribution in [0.4, 0.5) is 0 Å². The Kier molecular flexibility index (Phi) is 4.09. The van der Waals surface area contributed by atoms with Crippen LogP contribution in [0.25, 0.3) is 11.4 Å². The van der Waals surface area contributed by atoms with Crippen LogP contribution in [0.2, 0.25) is 0 Å². The minimum absolute atomic E-state index is 0.833. The second kappa shape index (κ2) is 5.59. The van der Waals surface area contributed by atoms with Gasteiger partial charge in [-0.1, -0.05) is 30.3 Å². The molecule has 2 aromatic rings. The van der Waals surface area contributed by atoms with Gasteiger partial charge in [-0.05, 0) is 0 Å². The molecular formula is C11H12N2O2. The van der Waals surface area contributed by atoms with E-state index < -0.39 is 5.97 Å². The second-order valence-electron chi connectivity index (χ2n) is 2.82. The fraction of sp³-hybridized carbons (Fsp3) is 0.0909. The van der Waals surface area contributed by atoms with Crippen molar-refractivity contribution >= 4 is 5.97 Å². The van der Waals surface area contributed by atoms with Crippen molar-refractivity contribution in [1.82, 2.24) is 9.97 Å². The van der Waals surface area contributed by atoms with Gasteiger partial charge in [0.05, 0.1) is 0 Å². The van der Waals surface area contributed by atoms with Crippen LogP contribution in [-0.2, 0) is 4.79 Å². The predicted molar refractivity (Wildman–Crippen MR) is 57.3 cm³/mol. The number of carboxylic acid groups (broad SMARTS) is 1. The maximum absolute atomic E-state index is 9.00. The molecule has 1 heterocycles. The zero-order chi connectivity index (χ0) is 11.1. The number of H-pyrrole nitrogens is 1. The van der Waals surface area contributed by atoms with Crippen LogP contribution in [-0.4, -0.2) is 21.0 Å². The Labute approximate surface area is 87.6 Å². The maximum Gasteiger partial charge on any atom is 0.300 e. The summed E-state index contributed by atoms with van der Waals surface area (Å²) in [5.74, 6) is 0.0885. The lowest BCUT2D eigenvalue weighted by Gasteiger charge is -1.92. The summed E-state index contributed by atoms with van der Waals surface area (Å²) in [5.41, 5.74) is 1.12. The molecule has 2 N–H and O–H groups in total. The third-order valence-corrected chi connectivity index (χ3v) is 1.55. The molecule has 0 amide bonds. The highest BCUT2D eigenvalue weighted by atomic mass is 16.4. The van der Waals surface area contributed by atoms with Gasteiger partial charge >= 0.3 is 0 Å². The van der Waals surface area contributed by atoms with E-state index in [2.05, 4.69) is 9.97 Å². The van der Waals surface area contributed by atoms with E-state index >= 15 is 0 Å². The lowest BCUT2D eigenvalue weighted by molar-refractivity contribution is -0.134. The number of carboxylic acids is 1. The third kappa shape index (κ3) is 4.08. The van der Waals surface area contributed by atoms with E-state index in [4.69, 9.17) is 9.90 Å². The quantitative estimate of drug-likeness (QED) is 0.748. The summed E-state index contributed by atoms with van der Waals surface area (Å²) in [7, 11) is 0. The van der Waals surface area contributed by atoms with Crippen molar-refractivity contribution in [3.05, 3.63) is 42.7 Å². The Bertz CT molecular complexity index is 392. The topological polar surface area (TPSA) is 66.0 Å². The molecule has 0 bridgehead atoms. The number of aromatic nitrogens is 2. The van der Waals surface area contributed by atoms with Gasteiger partial charge in [0.25, 0.3) is 5.97 Å². The summed E-state index contributed by atoms with van der Waals surface area (Å²) in [5, 5.41) is 7.42. The van der Waals surface area contributed by atoms with E-state index in [0.717, 1.165) is 18.3 Å². The van der Waals surface area contributed by atoms with E-state index in [-0.39, 0.29) is 0 Å². The van der Waals surface area contributed by atoms with Crippen LogP contribution < -0.4 is 0 Å². The van der Waals surface area contributed by atoms with Gasteiger partial charge < -0.3 is 10.1 Å². The number of benzene rings is 1. The summed E-state index contributed by atoms with van der Waals surface area (Å²) in [6.45, 7) is 1.08. The van der Waals surface area contributed by atoms with Crippen molar-refractivity contribution in [2.45, 2.75) is 6.92 Å². The third-order valence-electron chi connectivity index (χ3n) is 1.55. The molecule has 15 heavy (non-hydrogen) atoms. The molecule has 1 aromatic carbocycles. The molecule has 1 aromatic heterocycles. The first-order chi connectivity index (χ1) is 7.20. The van der Waals surface area contributed by atoms with E-state index in [1.807, 2.05) is 36.5 Å². The van der Waals surface area contributed by atoms with Crippen LogP contribution in [0.3, 0.4) is 0 Å². The van der Waals surface area contributed by atoms with Crippen molar-refractivity contribution in [2.75, 3.05) is 0 Å². The number of hydrogen-bond donors (Lipinski definition) is 2. The Morgan fingerprint density at radius 3 is 2.40 bits per heavy atom. The number of nitrogens with one attached hydrogen (secondary N) is 1. The lowest BCUT2D eigenvalue weighted by atomic mass is 10.2. The van der Waals surface area contributed by atoms with Crippen LogP contribution in [0, 0.1) is 0 Å². The first-order valence-electron chi connectivity index (χ1n) is 4.44. The van der Waals surface area contributed by atoms with Crippen molar-refractivity contribution in [3.8, 4) is 11.4 Å². The fourth-order valence-corrected chi connectivity index (χ4v) is 1.02. The molecule has 0 saturated carbocycles. The number of imidazole rings is 1. The fourth-order valence-electron chi connectivity index (χ4n) is 1.02. The molecule has 0 aliphatic heterocycles. The van der Waals surface area contributed by atoms with Crippen LogP contribution in [0.5, 0.6) is 0 Å². The van der Waals surface area contributed by atoms with E-state index in [0.29, 0.717) is 0 Å². The molecular weight excluding hydrogens is 192 g/mol. The molecule has 0 aliphatic carbocycles. The average molecular weight is 204 g/mol. The van der Waals surface area contributed by atoms with E-state index in [1.165, 1.54) is 0 Å². The molecule has 0 spiro atoms. The monoisotopic (exact) mass is 204 g/mol. The lowest BCUT2D eigenvalue weighted by Crippen LogP contribution is -1.78. The molecule has 0 aliphatic rings. The summed E-state index contributed by atoms with van der Waals surface area (Å²) < 4.78 is 0. The van der Waals surface area contributed by atoms with Gasteiger partial charge in [0.2, 0.25) is 0 Å². The van der Waals surface area contributed by atoms with Gasteiger partial charge in [0, 0.05) is 24.9 Å². The molecule has 2 rings (SSSR count). The van der Waals surface area contributed by atoms with Crippen molar-refractivity contribution < 1.29 is 9.90 Å². The number of rotatable bonds is 1. The molecule has 4 nitrogen and oxygen atoms in total. The molecule has 0 saturated heterocycles.